The summed E-state index contributed by atoms with van der Waals surface area (Å²) in [6, 6.07) is 13.3. The molecule has 0 amide bonds. The zero-order chi connectivity index (χ0) is 17.8. The molecule has 0 aliphatic heterocycles. The zero-order valence-electron chi connectivity index (χ0n) is 13.4. The summed E-state index contributed by atoms with van der Waals surface area (Å²) in [4.78, 5) is 8.77. The van der Waals surface area contributed by atoms with Gasteiger partial charge in [-0.1, -0.05) is 41.4 Å². The normalized spacial score (nSPS) is 10.6. The molecule has 25 heavy (non-hydrogen) atoms. The number of para-hydroxylation sites is 1. The number of benzene rings is 2. The lowest BCUT2D eigenvalue weighted by Crippen LogP contribution is -2.06. The Hall–Kier alpha value is -2.37. The van der Waals surface area contributed by atoms with E-state index in [9.17, 15) is 4.39 Å². The first kappa shape index (κ1) is 17.5. The number of nitrogens with zero attached hydrogens (tertiary/aromatic N) is 2. The Bertz CT molecular complexity index is 864. The van der Waals surface area contributed by atoms with Crippen molar-refractivity contribution in [1.29, 1.82) is 0 Å². The van der Waals surface area contributed by atoms with E-state index in [1.54, 1.807) is 36.4 Å². The highest BCUT2D eigenvalue weighted by Gasteiger charge is 2.08. The molecule has 1 aromatic heterocycles. The molecule has 0 spiro atoms. The van der Waals surface area contributed by atoms with Crippen LogP contribution in [-0.2, 0) is 6.54 Å². The maximum Gasteiger partial charge on any atom is 0.225 e. The van der Waals surface area contributed by atoms with Gasteiger partial charge in [0.1, 0.15) is 11.6 Å². The predicted octanol–water partition coefficient (Wildman–Crippen LogP) is 5.59. The van der Waals surface area contributed by atoms with Crippen molar-refractivity contribution in [2.75, 3.05) is 10.6 Å². The molecule has 3 aromatic rings. The van der Waals surface area contributed by atoms with E-state index in [0.717, 1.165) is 11.3 Å². The topological polar surface area (TPSA) is 49.8 Å². The summed E-state index contributed by atoms with van der Waals surface area (Å²) in [6.07, 6.45) is 0. The fourth-order valence-corrected chi connectivity index (χ4v) is 2.73. The van der Waals surface area contributed by atoms with E-state index in [-0.39, 0.29) is 5.82 Å². The molecule has 1 heterocycles. The van der Waals surface area contributed by atoms with Gasteiger partial charge in [-0.2, -0.15) is 4.98 Å². The summed E-state index contributed by atoms with van der Waals surface area (Å²) in [5.41, 5.74) is 2.30. The number of aromatic nitrogens is 2. The van der Waals surface area contributed by atoms with Crippen molar-refractivity contribution < 1.29 is 4.39 Å². The van der Waals surface area contributed by atoms with Crippen molar-refractivity contribution in [1.82, 2.24) is 9.97 Å². The predicted molar refractivity (Wildman–Crippen MR) is 100 cm³/mol. The molecule has 7 heteroatoms. The van der Waals surface area contributed by atoms with Gasteiger partial charge in [0, 0.05) is 18.3 Å². The number of hydrogen-bond acceptors (Lipinski definition) is 4. The number of aryl methyl sites for hydroxylation is 1. The van der Waals surface area contributed by atoms with Crippen LogP contribution in [0.5, 0.6) is 0 Å². The molecule has 2 N–H and O–H groups in total. The molecule has 4 nitrogen and oxygen atoms in total. The molecule has 0 radical (unpaired) electrons. The third kappa shape index (κ3) is 4.59. The van der Waals surface area contributed by atoms with Crippen LogP contribution >= 0.6 is 23.2 Å². The van der Waals surface area contributed by atoms with E-state index in [1.165, 1.54) is 12.1 Å². The van der Waals surface area contributed by atoms with Crippen molar-refractivity contribution in [3.63, 3.8) is 0 Å². The smallest absolute Gasteiger partial charge is 0.225 e. The van der Waals surface area contributed by atoms with Crippen LogP contribution in [0.15, 0.2) is 48.5 Å². The Balaban J connectivity index is 1.77. The molecule has 0 aliphatic rings. The van der Waals surface area contributed by atoms with Gasteiger partial charge in [-0.15, -0.1) is 0 Å². The van der Waals surface area contributed by atoms with Crippen LogP contribution in [-0.4, -0.2) is 9.97 Å². The Morgan fingerprint density at radius 3 is 2.36 bits per heavy atom. The maximum absolute atomic E-state index is 13.0. The van der Waals surface area contributed by atoms with Crippen LogP contribution in [0.2, 0.25) is 10.0 Å². The quantitative estimate of drug-likeness (QED) is 0.609. The van der Waals surface area contributed by atoms with Crippen molar-refractivity contribution in [2.24, 2.45) is 0 Å². The van der Waals surface area contributed by atoms with Crippen molar-refractivity contribution in [3.8, 4) is 0 Å². The molecule has 0 saturated heterocycles. The minimum absolute atomic E-state index is 0.265. The van der Waals surface area contributed by atoms with E-state index in [2.05, 4.69) is 20.6 Å². The first-order valence-corrected chi connectivity index (χ1v) is 8.32. The first-order chi connectivity index (χ1) is 12.0. The largest absolute Gasteiger partial charge is 0.350 e. The SMILES string of the molecule is Cc1cc(Nc2c(Cl)cccc2Cl)nc(NCc2ccc(F)cc2)n1. The minimum Gasteiger partial charge on any atom is -0.350 e. The fourth-order valence-electron chi connectivity index (χ4n) is 2.24. The fraction of sp³-hybridized carbons (Fsp3) is 0.111. The van der Waals surface area contributed by atoms with Gasteiger partial charge in [0.15, 0.2) is 0 Å². The first-order valence-electron chi connectivity index (χ1n) is 7.56. The van der Waals surface area contributed by atoms with E-state index < -0.39 is 0 Å². The van der Waals surface area contributed by atoms with Gasteiger partial charge in [0.05, 0.1) is 15.7 Å². The van der Waals surface area contributed by atoms with Gasteiger partial charge in [-0.25, -0.2) is 9.37 Å². The molecule has 128 valence electrons. The van der Waals surface area contributed by atoms with Crippen LogP contribution < -0.4 is 10.6 Å². The van der Waals surface area contributed by atoms with Crippen LogP contribution in [0, 0.1) is 12.7 Å². The van der Waals surface area contributed by atoms with Gasteiger partial charge in [0.25, 0.3) is 0 Å². The molecular weight excluding hydrogens is 362 g/mol. The van der Waals surface area contributed by atoms with E-state index in [1.807, 2.05) is 6.92 Å². The lowest BCUT2D eigenvalue weighted by atomic mass is 10.2. The molecule has 3 rings (SSSR count). The second kappa shape index (κ2) is 7.68. The number of nitrogens with one attached hydrogen (secondary N) is 2. The summed E-state index contributed by atoms with van der Waals surface area (Å²) < 4.78 is 13.0. The molecule has 0 fully saturated rings. The molecule has 0 unspecified atom stereocenters. The number of halogens is 3. The Kier molecular flexibility index (Phi) is 5.36. The standard InChI is InChI=1S/C18H15Cl2FN4/c1-11-9-16(24-17-14(19)3-2-4-15(17)20)25-18(23-11)22-10-12-5-7-13(21)8-6-12/h2-9H,10H2,1H3,(H2,22,23,24,25). The highest BCUT2D eigenvalue weighted by atomic mass is 35.5. The summed E-state index contributed by atoms with van der Waals surface area (Å²) >= 11 is 12.4. The van der Waals surface area contributed by atoms with Crippen LogP contribution in [0.1, 0.15) is 11.3 Å². The third-order valence-corrected chi connectivity index (χ3v) is 4.06. The van der Waals surface area contributed by atoms with Crippen molar-refractivity contribution in [3.05, 3.63) is 75.7 Å². The van der Waals surface area contributed by atoms with E-state index in [0.29, 0.717) is 34.0 Å². The van der Waals surface area contributed by atoms with Crippen LogP contribution in [0.3, 0.4) is 0 Å². The molecule has 2 aromatic carbocycles. The van der Waals surface area contributed by atoms with Gasteiger partial charge in [-0.05, 0) is 36.8 Å². The lowest BCUT2D eigenvalue weighted by Gasteiger charge is -2.12. The average Bonchev–Trinajstić information content (AvgIpc) is 2.57. The second-order valence-electron chi connectivity index (χ2n) is 5.42. The summed E-state index contributed by atoms with van der Waals surface area (Å²) in [5, 5.41) is 7.26. The lowest BCUT2D eigenvalue weighted by molar-refractivity contribution is 0.627. The molecular formula is C18H15Cl2FN4. The average molecular weight is 377 g/mol. The Labute approximate surface area is 155 Å². The van der Waals surface area contributed by atoms with E-state index in [4.69, 9.17) is 23.2 Å². The number of rotatable bonds is 5. The van der Waals surface area contributed by atoms with Crippen molar-refractivity contribution >= 4 is 40.7 Å². The number of anilines is 3. The Morgan fingerprint density at radius 2 is 1.68 bits per heavy atom. The second-order valence-corrected chi connectivity index (χ2v) is 6.23. The maximum atomic E-state index is 13.0. The number of hydrogen-bond donors (Lipinski definition) is 2. The summed E-state index contributed by atoms with van der Waals surface area (Å²) in [6.45, 7) is 2.35. The highest BCUT2D eigenvalue weighted by Crippen LogP contribution is 2.32. The van der Waals surface area contributed by atoms with Gasteiger partial charge >= 0.3 is 0 Å². The molecule has 0 aliphatic carbocycles. The molecule has 0 atom stereocenters. The van der Waals surface area contributed by atoms with Crippen molar-refractivity contribution in [2.45, 2.75) is 13.5 Å². The summed E-state index contributed by atoms with van der Waals surface area (Å²) in [5.74, 6) is 0.762. The minimum atomic E-state index is -0.265. The monoisotopic (exact) mass is 376 g/mol. The Morgan fingerprint density at radius 1 is 1.00 bits per heavy atom. The highest BCUT2D eigenvalue weighted by molar-refractivity contribution is 6.39. The van der Waals surface area contributed by atoms with Crippen LogP contribution in [0.4, 0.5) is 21.8 Å². The van der Waals surface area contributed by atoms with Gasteiger partial charge in [0.2, 0.25) is 5.95 Å². The molecule has 0 saturated carbocycles. The van der Waals surface area contributed by atoms with E-state index >= 15 is 0 Å². The zero-order valence-corrected chi connectivity index (χ0v) is 14.9. The third-order valence-electron chi connectivity index (χ3n) is 3.43. The van der Waals surface area contributed by atoms with Gasteiger partial charge in [-0.3, -0.25) is 0 Å². The summed E-state index contributed by atoms with van der Waals surface area (Å²) in [7, 11) is 0. The molecule has 0 bridgehead atoms. The van der Waals surface area contributed by atoms with Crippen LogP contribution in [0.25, 0.3) is 0 Å². The van der Waals surface area contributed by atoms with Gasteiger partial charge < -0.3 is 10.6 Å².